The fourth-order valence-corrected chi connectivity index (χ4v) is 4.65. The number of rotatable bonds is 8. The number of amides is 2. The minimum atomic E-state index is -0.728. The predicted octanol–water partition coefficient (Wildman–Crippen LogP) is 4.33. The van der Waals surface area contributed by atoms with Gasteiger partial charge in [0.15, 0.2) is 5.69 Å². The fourth-order valence-electron chi connectivity index (χ4n) is 4.22. The topological polar surface area (TPSA) is 75.2 Å². The molecule has 6 nitrogen and oxygen atoms in total. The van der Waals surface area contributed by atoms with Crippen LogP contribution in [0, 0.1) is 6.92 Å². The monoisotopic (exact) mass is 448 g/mol. The Hall–Kier alpha value is -3.06. The van der Waals surface area contributed by atoms with E-state index in [2.05, 4.69) is 14.9 Å². The molecule has 1 aromatic heterocycles. The molecule has 0 aliphatic heterocycles. The summed E-state index contributed by atoms with van der Waals surface area (Å²) in [5.74, 6) is -0.410. The number of nitrogens with one attached hydrogen (secondary N) is 1. The van der Waals surface area contributed by atoms with Crippen molar-refractivity contribution in [1.82, 2.24) is 19.8 Å². The van der Waals surface area contributed by atoms with E-state index in [0.29, 0.717) is 13.0 Å². The van der Waals surface area contributed by atoms with E-state index in [1.807, 2.05) is 61.5 Å². The Kier molecular flexibility index (Phi) is 7.27. The molecule has 0 unspecified atom stereocenters. The molecule has 1 N–H and O–H groups in total. The van der Waals surface area contributed by atoms with Crippen LogP contribution < -0.4 is 5.32 Å². The molecular formula is C25H28N4O2S. The van der Waals surface area contributed by atoms with Gasteiger partial charge in [-0.15, -0.1) is 5.10 Å². The Bertz CT molecular complexity index is 1020. The highest BCUT2D eigenvalue weighted by Gasteiger charge is 2.34. The summed E-state index contributed by atoms with van der Waals surface area (Å²) in [5, 5.41) is 8.83. The van der Waals surface area contributed by atoms with E-state index in [9.17, 15) is 9.59 Å². The Morgan fingerprint density at radius 1 is 1.09 bits per heavy atom. The summed E-state index contributed by atoms with van der Waals surface area (Å²) in [6.07, 6.45) is 4.87. The van der Waals surface area contributed by atoms with Crippen LogP contribution in [0.2, 0.25) is 0 Å². The molecule has 1 heterocycles. The van der Waals surface area contributed by atoms with Crippen molar-refractivity contribution >= 4 is 23.3 Å². The summed E-state index contributed by atoms with van der Waals surface area (Å²) in [6.45, 7) is 2.41. The zero-order valence-corrected chi connectivity index (χ0v) is 19.1. The first-order valence-electron chi connectivity index (χ1n) is 11.1. The van der Waals surface area contributed by atoms with Gasteiger partial charge in [-0.2, -0.15) is 0 Å². The number of benzene rings is 2. The number of hydrogen-bond acceptors (Lipinski definition) is 5. The van der Waals surface area contributed by atoms with Gasteiger partial charge in [-0.05, 0) is 48.8 Å². The highest BCUT2D eigenvalue weighted by Crippen LogP contribution is 2.26. The quantitative estimate of drug-likeness (QED) is 0.557. The number of aryl methyl sites for hydroxylation is 1. The maximum Gasteiger partial charge on any atom is 0.276 e. The van der Waals surface area contributed by atoms with E-state index in [1.54, 1.807) is 10.3 Å². The molecule has 1 atom stereocenters. The van der Waals surface area contributed by atoms with E-state index in [-0.39, 0.29) is 23.6 Å². The van der Waals surface area contributed by atoms with Gasteiger partial charge in [-0.25, -0.2) is 0 Å². The third-order valence-electron chi connectivity index (χ3n) is 5.98. The molecule has 2 aromatic carbocycles. The lowest BCUT2D eigenvalue weighted by Crippen LogP contribution is -2.47. The molecule has 0 bridgehead atoms. The molecule has 4 rings (SSSR count). The van der Waals surface area contributed by atoms with Crippen LogP contribution in [0.1, 0.15) is 58.9 Å². The van der Waals surface area contributed by atoms with Crippen LogP contribution in [0.5, 0.6) is 0 Å². The maximum absolute atomic E-state index is 13.6. The van der Waals surface area contributed by atoms with E-state index in [1.165, 1.54) is 0 Å². The second kappa shape index (κ2) is 10.5. The average Bonchev–Trinajstić information content (AvgIpc) is 3.52. The first kappa shape index (κ1) is 22.1. The molecule has 166 valence electrons. The van der Waals surface area contributed by atoms with Gasteiger partial charge in [0.1, 0.15) is 6.04 Å². The van der Waals surface area contributed by atoms with Crippen LogP contribution in [0.15, 0.2) is 60.0 Å². The molecule has 0 saturated heterocycles. The molecule has 1 aliphatic rings. The number of hydrogen-bond donors (Lipinski definition) is 1. The van der Waals surface area contributed by atoms with Crippen LogP contribution in [0.4, 0.5) is 0 Å². The number of aromatic nitrogens is 2. The summed E-state index contributed by atoms with van der Waals surface area (Å²) < 4.78 is 3.86. The predicted molar refractivity (Wildman–Crippen MR) is 125 cm³/mol. The van der Waals surface area contributed by atoms with E-state index in [4.69, 9.17) is 0 Å². The zero-order valence-electron chi connectivity index (χ0n) is 18.2. The van der Waals surface area contributed by atoms with Crippen molar-refractivity contribution in [3.8, 4) is 0 Å². The summed E-state index contributed by atoms with van der Waals surface area (Å²) in [6, 6.07) is 17.3. The van der Waals surface area contributed by atoms with Gasteiger partial charge in [-0.1, -0.05) is 77.5 Å². The normalized spacial score (nSPS) is 14.8. The molecule has 0 radical (unpaired) electrons. The molecule has 1 fully saturated rings. The van der Waals surface area contributed by atoms with Crippen molar-refractivity contribution in [2.24, 2.45) is 0 Å². The highest BCUT2D eigenvalue weighted by molar-refractivity contribution is 7.03. The van der Waals surface area contributed by atoms with Gasteiger partial charge in [-0.3, -0.25) is 9.59 Å². The van der Waals surface area contributed by atoms with Crippen LogP contribution in [-0.2, 0) is 11.2 Å². The summed E-state index contributed by atoms with van der Waals surface area (Å²) >= 11 is 1.13. The largest absolute Gasteiger partial charge is 0.351 e. The van der Waals surface area contributed by atoms with E-state index in [0.717, 1.165) is 53.9 Å². The molecule has 32 heavy (non-hydrogen) atoms. The summed E-state index contributed by atoms with van der Waals surface area (Å²) in [4.78, 5) is 28.7. The molecule has 1 saturated carbocycles. The minimum Gasteiger partial charge on any atom is -0.351 e. The Morgan fingerprint density at radius 2 is 1.81 bits per heavy atom. The third-order valence-corrected chi connectivity index (χ3v) is 6.48. The van der Waals surface area contributed by atoms with Crippen molar-refractivity contribution < 1.29 is 9.59 Å². The fraction of sp³-hybridized carbons (Fsp3) is 0.360. The third kappa shape index (κ3) is 5.40. The SMILES string of the molecule is Cc1ccc([C@H](C(=O)NC2CCCC2)N(CCc2ccccc2)C(=O)c2csnn2)cc1. The molecular weight excluding hydrogens is 420 g/mol. The van der Waals surface area contributed by atoms with Crippen molar-refractivity contribution in [1.29, 1.82) is 0 Å². The van der Waals surface area contributed by atoms with E-state index < -0.39 is 6.04 Å². The van der Waals surface area contributed by atoms with Crippen LogP contribution in [-0.4, -0.2) is 38.9 Å². The molecule has 1 aliphatic carbocycles. The van der Waals surface area contributed by atoms with Crippen molar-refractivity contribution in [3.63, 3.8) is 0 Å². The number of carbonyl (C=O) groups excluding carboxylic acids is 2. The van der Waals surface area contributed by atoms with Crippen molar-refractivity contribution in [3.05, 3.63) is 82.4 Å². The van der Waals surface area contributed by atoms with Gasteiger partial charge in [0.25, 0.3) is 5.91 Å². The lowest BCUT2D eigenvalue weighted by atomic mass is 10.0. The van der Waals surface area contributed by atoms with Crippen molar-refractivity contribution in [2.75, 3.05) is 6.54 Å². The Labute approximate surface area is 192 Å². The molecule has 0 spiro atoms. The second-order valence-electron chi connectivity index (χ2n) is 8.33. The molecule has 7 heteroatoms. The Balaban J connectivity index is 1.67. The molecule has 3 aromatic rings. The summed E-state index contributed by atoms with van der Waals surface area (Å²) in [7, 11) is 0. The smallest absolute Gasteiger partial charge is 0.276 e. The minimum absolute atomic E-state index is 0.134. The maximum atomic E-state index is 13.6. The number of carbonyl (C=O) groups is 2. The van der Waals surface area contributed by atoms with E-state index >= 15 is 0 Å². The van der Waals surface area contributed by atoms with Crippen LogP contribution >= 0.6 is 11.5 Å². The highest BCUT2D eigenvalue weighted by atomic mass is 32.1. The Morgan fingerprint density at radius 3 is 2.47 bits per heavy atom. The average molecular weight is 449 g/mol. The standard InChI is InChI=1S/C25H28N4O2S/c1-18-11-13-20(14-12-18)23(24(30)26-21-9-5-6-10-21)29(25(31)22-17-32-28-27-22)16-15-19-7-3-2-4-8-19/h2-4,7-8,11-14,17,21,23H,5-6,9-10,15-16H2,1H3,(H,26,30)/t23-/m1/s1. The van der Waals surface area contributed by atoms with Gasteiger partial charge in [0, 0.05) is 18.0 Å². The lowest BCUT2D eigenvalue weighted by molar-refractivity contribution is -0.126. The van der Waals surface area contributed by atoms with Crippen molar-refractivity contribution in [2.45, 2.75) is 51.1 Å². The first-order chi connectivity index (χ1) is 15.6. The summed E-state index contributed by atoms with van der Waals surface area (Å²) in [5.41, 5.74) is 3.29. The van der Waals surface area contributed by atoms with Gasteiger partial charge < -0.3 is 10.2 Å². The lowest BCUT2D eigenvalue weighted by Gasteiger charge is -2.32. The first-order valence-corrected chi connectivity index (χ1v) is 11.9. The van der Waals surface area contributed by atoms with Gasteiger partial charge in [0.2, 0.25) is 5.91 Å². The van der Waals surface area contributed by atoms with Crippen LogP contribution in [0.3, 0.4) is 0 Å². The van der Waals surface area contributed by atoms with Gasteiger partial charge in [0.05, 0.1) is 0 Å². The zero-order chi connectivity index (χ0) is 22.3. The second-order valence-corrected chi connectivity index (χ2v) is 8.94. The molecule has 2 amide bonds. The number of nitrogens with zero attached hydrogens (tertiary/aromatic N) is 3. The van der Waals surface area contributed by atoms with Gasteiger partial charge >= 0.3 is 0 Å². The van der Waals surface area contributed by atoms with Crippen LogP contribution in [0.25, 0.3) is 0 Å².